The Bertz CT molecular complexity index is 1610. The highest BCUT2D eigenvalue weighted by Crippen LogP contribution is 2.33. The third kappa shape index (κ3) is 9.96. The van der Waals surface area contributed by atoms with Gasteiger partial charge in [0.25, 0.3) is 0 Å². The minimum atomic E-state index is -4.77. The number of alkyl halides is 6. The summed E-state index contributed by atoms with van der Waals surface area (Å²) in [6.07, 6.45) is -6.55. The SMILES string of the molecule is O=S(=O)(NC[C@H]1CC[C@H](CNc2nc(N3CCOCC3)c3ccccc3n2)CC1)c1cc(OCC(F)(F)F)ccc1OCC(F)(F)F. The minimum Gasteiger partial charge on any atom is -0.484 e. The largest absolute Gasteiger partial charge is 0.484 e. The zero-order chi connectivity index (χ0) is 33.7. The van der Waals surface area contributed by atoms with Crippen LogP contribution < -0.4 is 24.4 Å². The van der Waals surface area contributed by atoms with Gasteiger partial charge < -0.3 is 24.4 Å². The van der Waals surface area contributed by atoms with Crippen LogP contribution in [0.2, 0.25) is 0 Å². The number of hydrogen-bond acceptors (Lipinski definition) is 9. The predicted molar refractivity (Wildman–Crippen MR) is 161 cm³/mol. The Morgan fingerprint density at radius 2 is 1.49 bits per heavy atom. The normalized spacial score (nSPS) is 19.5. The van der Waals surface area contributed by atoms with Crippen molar-refractivity contribution in [3.63, 3.8) is 0 Å². The van der Waals surface area contributed by atoms with Crippen LogP contribution in [0.3, 0.4) is 0 Å². The van der Waals surface area contributed by atoms with E-state index in [-0.39, 0.29) is 18.4 Å². The number of nitrogens with zero attached hydrogens (tertiary/aromatic N) is 3. The molecule has 0 amide bonds. The fraction of sp³-hybridized carbons (Fsp3) is 0.533. The average Bonchev–Trinajstić information content (AvgIpc) is 3.04. The molecule has 1 saturated heterocycles. The van der Waals surface area contributed by atoms with Gasteiger partial charge in [0, 0.05) is 37.6 Å². The van der Waals surface area contributed by atoms with Gasteiger partial charge in [-0.25, -0.2) is 18.1 Å². The summed E-state index contributed by atoms with van der Waals surface area (Å²) in [5.41, 5.74) is 0.826. The van der Waals surface area contributed by atoms with E-state index in [1.54, 1.807) is 0 Å². The highest BCUT2D eigenvalue weighted by atomic mass is 32.2. The molecule has 2 aliphatic rings. The Balaban J connectivity index is 1.17. The molecule has 2 N–H and O–H groups in total. The van der Waals surface area contributed by atoms with Gasteiger partial charge >= 0.3 is 12.4 Å². The second kappa shape index (κ2) is 14.7. The lowest BCUT2D eigenvalue weighted by Gasteiger charge is -2.30. The summed E-state index contributed by atoms with van der Waals surface area (Å²) in [7, 11) is -4.47. The van der Waals surface area contributed by atoms with E-state index in [1.807, 2.05) is 24.3 Å². The molecule has 2 fully saturated rings. The molecule has 2 heterocycles. The van der Waals surface area contributed by atoms with Crippen LogP contribution in [-0.4, -0.2) is 83.3 Å². The third-order valence-electron chi connectivity index (χ3n) is 7.97. The van der Waals surface area contributed by atoms with Crippen LogP contribution in [0.25, 0.3) is 10.9 Å². The molecular formula is C30H35F6N5O5S. The molecule has 1 aliphatic carbocycles. The van der Waals surface area contributed by atoms with Crippen molar-refractivity contribution in [2.45, 2.75) is 42.9 Å². The summed E-state index contributed by atoms with van der Waals surface area (Å²) >= 11 is 0. The summed E-state index contributed by atoms with van der Waals surface area (Å²) in [6.45, 7) is -0.180. The first-order valence-electron chi connectivity index (χ1n) is 15.1. The number of ether oxygens (including phenoxy) is 3. The van der Waals surface area contributed by atoms with Crippen molar-refractivity contribution in [2.75, 3.05) is 62.8 Å². The van der Waals surface area contributed by atoms with Gasteiger partial charge in [-0.2, -0.15) is 31.3 Å². The van der Waals surface area contributed by atoms with Gasteiger partial charge in [-0.05, 0) is 61.8 Å². The lowest BCUT2D eigenvalue weighted by Crippen LogP contribution is -2.37. The molecule has 0 bridgehead atoms. The van der Waals surface area contributed by atoms with E-state index in [0.29, 0.717) is 38.5 Å². The van der Waals surface area contributed by atoms with Crippen molar-refractivity contribution >= 4 is 32.7 Å². The van der Waals surface area contributed by atoms with E-state index < -0.39 is 52.0 Å². The summed E-state index contributed by atoms with van der Waals surface area (Å²) in [5.74, 6) is 0.440. The lowest BCUT2D eigenvalue weighted by atomic mass is 9.82. The Kier molecular flexibility index (Phi) is 10.9. The number of fused-ring (bicyclic) bond motifs is 1. The number of morpholine rings is 1. The van der Waals surface area contributed by atoms with Crippen molar-refractivity contribution in [1.82, 2.24) is 14.7 Å². The number of halogens is 6. The van der Waals surface area contributed by atoms with Crippen LogP contribution >= 0.6 is 0 Å². The van der Waals surface area contributed by atoms with Crippen LogP contribution in [0.4, 0.5) is 38.1 Å². The second-order valence-electron chi connectivity index (χ2n) is 11.5. The maximum Gasteiger partial charge on any atom is 0.422 e. The van der Waals surface area contributed by atoms with Crippen molar-refractivity contribution in [1.29, 1.82) is 0 Å². The first-order valence-corrected chi connectivity index (χ1v) is 16.6. The van der Waals surface area contributed by atoms with E-state index in [4.69, 9.17) is 9.72 Å². The van der Waals surface area contributed by atoms with E-state index in [1.165, 1.54) is 0 Å². The number of rotatable bonds is 12. The fourth-order valence-electron chi connectivity index (χ4n) is 5.57. The van der Waals surface area contributed by atoms with Gasteiger partial charge in [-0.3, -0.25) is 0 Å². The maximum atomic E-state index is 13.1. The maximum absolute atomic E-state index is 13.1. The molecule has 47 heavy (non-hydrogen) atoms. The minimum absolute atomic E-state index is 0.00841. The fourth-order valence-corrected chi connectivity index (χ4v) is 6.84. The molecular weight excluding hydrogens is 656 g/mol. The van der Waals surface area contributed by atoms with Crippen molar-refractivity contribution in [3.05, 3.63) is 42.5 Å². The molecule has 1 aromatic heterocycles. The van der Waals surface area contributed by atoms with E-state index in [2.05, 4.69) is 29.4 Å². The summed E-state index contributed by atoms with van der Waals surface area (Å²) in [5, 5.41) is 4.32. The number of sulfonamides is 1. The molecule has 2 aromatic carbocycles. The lowest BCUT2D eigenvalue weighted by molar-refractivity contribution is -0.154. The predicted octanol–water partition coefficient (Wildman–Crippen LogP) is 5.55. The zero-order valence-electron chi connectivity index (χ0n) is 25.2. The molecule has 17 heteroatoms. The molecule has 258 valence electrons. The zero-order valence-corrected chi connectivity index (χ0v) is 26.1. The number of nitrogens with one attached hydrogen (secondary N) is 2. The molecule has 0 atom stereocenters. The van der Waals surface area contributed by atoms with Gasteiger partial charge in [0.05, 0.1) is 18.7 Å². The van der Waals surface area contributed by atoms with Crippen LogP contribution in [0.15, 0.2) is 47.4 Å². The first kappa shape index (κ1) is 34.8. The highest BCUT2D eigenvalue weighted by Gasteiger charge is 2.32. The number of aromatic nitrogens is 2. The summed E-state index contributed by atoms with van der Waals surface area (Å²) < 4.78 is 120. The van der Waals surface area contributed by atoms with Gasteiger partial charge in [-0.15, -0.1) is 0 Å². The van der Waals surface area contributed by atoms with Gasteiger partial charge in [0.1, 0.15) is 22.2 Å². The Morgan fingerprint density at radius 1 is 0.851 bits per heavy atom. The van der Waals surface area contributed by atoms with Crippen LogP contribution in [0.1, 0.15) is 25.7 Å². The Labute approximate surface area is 267 Å². The molecule has 1 saturated carbocycles. The Morgan fingerprint density at radius 3 is 2.17 bits per heavy atom. The quantitative estimate of drug-likeness (QED) is 0.236. The standard InChI is InChI=1S/C30H35F6N5O5S/c31-29(32,33)18-45-22-9-10-25(46-19-30(34,35)36)26(15-22)47(42,43)38-17-21-7-5-20(6-8-21)16-37-28-39-24-4-2-1-3-23(24)27(40-28)41-11-13-44-14-12-41/h1-4,9-10,15,20-21,38H,5-8,11-14,16-19H2,(H,37,39,40)/t20-,21-. The smallest absolute Gasteiger partial charge is 0.422 e. The first-order chi connectivity index (χ1) is 22.3. The number of benzene rings is 2. The van der Waals surface area contributed by atoms with E-state index in [9.17, 15) is 34.8 Å². The number of para-hydroxylation sites is 1. The molecule has 0 unspecified atom stereocenters. The topological polar surface area (TPSA) is 115 Å². The monoisotopic (exact) mass is 691 g/mol. The van der Waals surface area contributed by atoms with E-state index >= 15 is 0 Å². The van der Waals surface area contributed by atoms with E-state index in [0.717, 1.165) is 60.9 Å². The number of hydrogen-bond donors (Lipinski definition) is 2. The molecule has 1 aliphatic heterocycles. The van der Waals surface area contributed by atoms with Crippen LogP contribution in [-0.2, 0) is 14.8 Å². The molecule has 10 nitrogen and oxygen atoms in total. The molecule has 0 spiro atoms. The third-order valence-corrected chi connectivity index (χ3v) is 9.41. The average molecular weight is 692 g/mol. The van der Waals surface area contributed by atoms with Gasteiger partial charge in [0.2, 0.25) is 16.0 Å². The number of anilines is 2. The highest BCUT2D eigenvalue weighted by molar-refractivity contribution is 7.89. The second-order valence-corrected chi connectivity index (χ2v) is 13.3. The van der Waals surface area contributed by atoms with Crippen molar-refractivity contribution in [2.24, 2.45) is 11.8 Å². The van der Waals surface area contributed by atoms with Crippen LogP contribution in [0.5, 0.6) is 11.5 Å². The molecule has 3 aromatic rings. The molecule has 0 radical (unpaired) electrons. The van der Waals surface area contributed by atoms with Crippen LogP contribution in [0, 0.1) is 11.8 Å². The van der Waals surface area contributed by atoms with Crippen molar-refractivity contribution < 1.29 is 49.0 Å². The Hall–Kier alpha value is -3.57. The molecule has 5 rings (SSSR count). The summed E-state index contributed by atoms with van der Waals surface area (Å²) in [4.78, 5) is 10.9. The van der Waals surface area contributed by atoms with Crippen molar-refractivity contribution in [3.8, 4) is 11.5 Å². The van der Waals surface area contributed by atoms with Gasteiger partial charge in [0.15, 0.2) is 13.2 Å². The van der Waals surface area contributed by atoms with Gasteiger partial charge in [-0.1, -0.05) is 12.1 Å². The summed E-state index contributed by atoms with van der Waals surface area (Å²) in [6, 6.07) is 10.3.